The van der Waals surface area contributed by atoms with Crippen LogP contribution in [0.3, 0.4) is 0 Å². The molecule has 4 rings (SSSR count). The van der Waals surface area contributed by atoms with E-state index in [1.54, 1.807) is 0 Å². The molecule has 11 heteroatoms. The van der Waals surface area contributed by atoms with Gasteiger partial charge in [0.25, 0.3) is 5.56 Å². The average molecular weight is 464 g/mol. The van der Waals surface area contributed by atoms with Crippen LogP contribution in [-0.2, 0) is 17.6 Å². The molecule has 0 aliphatic carbocycles. The monoisotopic (exact) mass is 463 g/mol. The van der Waals surface area contributed by atoms with Crippen LogP contribution in [0.4, 0.5) is 9.52 Å². The second-order valence-corrected chi connectivity index (χ2v) is 10.1. The van der Waals surface area contributed by atoms with E-state index in [4.69, 9.17) is 0 Å². The van der Waals surface area contributed by atoms with Crippen LogP contribution in [0.1, 0.15) is 24.5 Å². The molecule has 0 fully saturated rings. The Balaban J connectivity index is 1.61. The van der Waals surface area contributed by atoms with E-state index in [1.807, 2.05) is 13.8 Å². The molecule has 1 aliphatic heterocycles. The van der Waals surface area contributed by atoms with Crippen molar-refractivity contribution >= 4 is 45.9 Å². The van der Waals surface area contributed by atoms with Crippen molar-refractivity contribution in [3.63, 3.8) is 0 Å². The fraction of sp³-hybridized carbons (Fsp3) is 0.316. The van der Waals surface area contributed by atoms with Gasteiger partial charge in [0.1, 0.15) is 10.8 Å². The summed E-state index contributed by atoms with van der Waals surface area (Å²) < 4.78 is 14.8. The van der Waals surface area contributed by atoms with Crippen LogP contribution in [-0.4, -0.2) is 36.7 Å². The number of carbonyl (C=O) groups excluding carboxylic acids is 1. The predicted molar refractivity (Wildman–Crippen MR) is 117 cm³/mol. The van der Waals surface area contributed by atoms with Crippen molar-refractivity contribution < 1.29 is 9.18 Å². The van der Waals surface area contributed by atoms with Crippen LogP contribution in [0.15, 0.2) is 39.1 Å². The zero-order chi connectivity index (χ0) is 21.3. The number of nitrogens with one attached hydrogen (secondary N) is 1. The van der Waals surface area contributed by atoms with Gasteiger partial charge in [0.2, 0.25) is 11.0 Å². The van der Waals surface area contributed by atoms with Gasteiger partial charge >= 0.3 is 0 Å². The van der Waals surface area contributed by atoms with Gasteiger partial charge in [-0.05, 0) is 30.7 Å². The summed E-state index contributed by atoms with van der Waals surface area (Å²) in [6.07, 6.45) is 1.45. The summed E-state index contributed by atoms with van der Waals surface area (Å²) in [6, 6.07) is 5.66. The Labute approximate surface area is 184 Å². The number of carbonyl (C=O) groups is 1. The summed E-state index contributed by atoms with van der Waals surface area (Å²) in [4.78, 5) is 30.8. The van der Waals surface area contributed by atoms with Gasteiger partial charge < -0.3 is 0 Å². The molecule has 2 aromatic heterocycles. The van der Waals surface area contributed by atoms with E-state index in [0.717, 1.165) is 28.9 Å². The summed E-state index contributed by atoms with van der Waals surface area (Å²) >= 11 is 3.99. The number of halogens is 1. The zero-order valence-corrected chi connectivity index (χ0v) is 18.7. The Morgan fingerprint density at radius 2 is 2.10 bits per heavy atom. The quantitative estimate of drug-likeness (QED) is 0.442. The van der Waals surface area contributed by atoms with Gasteiger partial charge in [-0.15, -0.1) is 22.0 Å². The minimum Gasteiger partial charge on any atom is -0.300 e. The number of aromatic nitrogens is 4. The Bertz CT molecular complexity index is 1150. The summed E-state index contributed by atoms with van der Waals surface area (Å²) in [5.74, 6) is -0.598. The maximum Gasteiger partial charge on any atom is 0.272 e. The SMILES string of the molecule is CCc1nnc(NC(=O)CSc2nc3c(c(=O)n2-c2ccc(F)cc2)S[C@@H](C)C3)s1. The van der Waals surface area contributed by atoms with Crippen molar-refractivity contribution in [2.24, 2.45) is 0 Å². The second kappa shape index (κ2) is 8.86. The average Bonchev–Trinajstić information content (AvgIpc) is 3.33. The molecular formula is C19H18FN5O2S3. The van der Waals surface area contributed by atoms with Crippen LogP contribution in [0.2, 0.25) is 0 Å². The number of anilines is 1. The standard InChI is InChI=1S/C19H18FN5O2S3/c1-3-15-23-24-18(30-15)22-14(26)9-28-19-21-13-8-10(2)29-16(13)17(27)25(19)12-6-4-11(20)5-7-12/h4-7,10H,3,8-9H2,1-2H3,(H,22,24,26)/t10-/m0/s1. The highest BCUT2D eigenvalue weighted by molar-refractivity contribution is 8.00. The second-order valence-electron chi connectivity index (χ2n) is 6.61. The molecule has 30 heavy (non-hydrogen) atoms. The van der Waals surface area contributed by atoms with Gasteiger partial charge in [0.05, 0.1) is 22.0 Å². The number of rotatable bonds is 6. The predicted octanol–water partition coefficient (Wildman–Crippen LogP) is 3.55. The molecule has 0 saturated heterocycles. The molecule has 3 aromatic rings. The van der Waals surface area contributed by atoms with Crippen molar-refractivity contribution in [2.75, 3.05) is 11.1 Å². The van der Waals surface area contributed by atoms with E-state index in [-0.39, 0.29) is 28.3 Å². The van der Waals surface area contributed by atoms with Crippen molar-refractivity contribution in [1.29, 1.82) is 0 Å². The number of hydrogen-bond donors (Lipinski definition) is 1. The first kappa shape index (κ1) is 21.0. The molecule has 3 heterocycles. The molecule has 1 atom stereocenters. The Hall–Kier alpha value is -2.24. The lowest BCUT2D eigenvalue weighted by atomic mass is 10.2. The summed E-state index contributed by atoms with van der Waals surface area (Å²) in [5, 5.41) is 12.6. The number of amides is 1. The molecule has 1 N–H and O–H groups in total. The lowest BCUT2D eigenvalue weighted by Gasteiger charge is -2.13. The van der Waals surface area contributed by atoms with Crippen molar-refractivity contribution in [1.82, 2.24) is 19.7 Å². The van der Waals surface area contributed by atoms with Crippen molar-refractivity contribution in [2.45, 2.75) is 42.0 Å². The molecule has 0 saturated carbocycles. The third kappa shape index (κ3) is 4.42. The highest BCUT2D eigenvalue weighted by Gasteiger charge is 2.27. The molecule has 0 unspecified atom stereocenters. The van der Waals surface area contributed by atoms with Crippen LogP contribution in [0.5, 0.6) is 0 Å². The Morgan fingerprint density at radius 3 is 2.80 bits per heavy atom. The molecule has 1 aromatic carbocycles. The fourth-order valence-corrected chi connectivity index (χ4v) is 5.57. The first-order valence-corrected chi connectivity index (χ1v) is 12.0. The number of nitrogens with zero attached hydrogens (tertiary/aromatic N) is 4. The zero-order valence-electron chi connectivity index (χ0n) is 16.2. The molecule has 0 radical (unpaired) electrons. The van der Waals surface area contributed by atoms with E-state index < -0.39 is 0 Å². The maximum atomic E-state index is 13.4. The minimum atomic E-state index is -0.388. The first-order chi connectivity index (χ1) is 14.4. The molecule has 0 spiro atoms. The summed E-state index contributed by atoms with van der Waals surface area (Å²) in [6.45, 7) is 4.01. The number of thioether (sulfide) groups is 2. The van der Waals surface area contributed by atoms with E-state index in [1.165, 1.54) is 51.9 Å². The molecule has 1 aliphatic rings. The number of aryl methyl sites for hydroxylation is 1. The molecule has 1 amide bonds. The van der Waals surface area contributed by atoms with Gasteiger partial charge in [-0.25, -0.2) is 9.37 Å². The van der Waals surface area contributed by atoms with Gasteiger partial charge in [-0.2, -0.15) is 0 Å². The van der Waals surface area contributed by atoms with Crippen LogP contribution in [0, 0.1) is 5.82 Å². The lowest BCUT2D eigenvalue weighted by molar-refractivity contribution is -0.113. The normalized spacial score (nSPS) is 15.2. The van der Waals surface area contributed by atoms with E-state index in [0.29, 0.717) is 27.3 Å². The van der Waals surface area contributed by atoms with Crippen LogP contribution >= 0.6 is 34.9 Å². The van der Waals surface area contributed by atoms with Crippen LogP contribution in [0.25, 0.3) is 5.69 Å². The van der Waals surface area contributed by atoms with E-state index in [2.05, 4.69) is 20.5 Å². The Morgan fingerprint density at radius 1 is 1.33 bits per heavy atom. The molecule has 156 valence electrons. The van der Waals surface area contributed by atoms with E-state index >= 15 is 0 Å². The molecule has 0 bridgehead atoms. The van der Waals surface area contributed by atoms with Gasteiger partial charge in [-0.3, -0.25) is 19.5 Å². The van der Waals surface area contributed by atoms with E-state index in [9.17, 15) is 14.0 Å². The lowest BCUT2D eigenvalue weighted by Crippen LogP contribution is -2.24. The minimum absolute atomic E-state index is 0.0517. The number of fused-ring (bicyclic) bond motifs is 1. The highest BCUT2D eigenvalue weighted by Crippen LogP contribution is 2.35. The smallest absolute Gasteiger partial charge is 0.272 e. The largest absolute Gasteiger partial charge is 0.300 e. The summed E-state index contributed by atoms with van der Waals surface area (Å²) in [7, 11) is 0. The summed E-state index contributed by atoms with van der Waals surface area (Å²) in [5.41, 5.74) is 1.06. The first-order valence-electron chi connectivity index (χ1n) is 9.28. The molecule has 7 nitrogen and oxygen atoms in total. The van der Waals surface area contributed by atoms with Gasteiger partial charge in [0.15, 0.2) is 5.16 Å². The third-order valence-corrected chi connectivity index (χ3v) is 7.45. The van der Waals surface area contributed by atoms with Crippen molar-refractivity contribution in [3.05, 3.63) is 51.1 Å². The number of benzene rings is 1. The molecular weight excluding hydrogens is 445 g/mol. The topological polar surface area (TPSA) is 89.8 Å². The van der Waals surface area contributed by atoms with Crippen LogP contribution < -0.4 is 10.9 Å². The fourth-order valence-electron chi connectivity index (χ4n) is 2.95. The Kier molecular flexibility index (Phi) is 6.21. The van der Waals surface area contributed by atoms with Gasteiger partial charge in [-0.1, -0.05) is 36.9 Å². The highest BCUT2D eigenvalue weighted by atomic mass is 32.2. The number of hydrogen-bond acceptors (Lipinski definition) is 8. The van der Waals surface area contributed by atoms with Crippen molar-refractivity contribution in [3.8, 4) is 5.69 Å². The maximum absolute atomic E-state index is 13.4. The van der Waals surface area contributed by atoms with Gasteiger partial charge in [0, 0.05) is 11.7 Å². The third-order valence-electron chi connectivity index (χ3n) is 4.31.